The summed E-state index contributed by atoms with van der Waals surface area (Å²) in [5, 5.41) is 8.80. The maximum Gasteiger partial charge on any atom is 0.147 e. The second kappa shape index (κ2) is 4.95. The predicted octanol–water partition coefficient (Wildman–Crippen LogP) is 1.09. The van der Waals surface area contributed by atoms with Gasteiger partial charge >= 0.3 is 0 Å². The zero-order chi connectivity index (χ0) is 11.5. The SMILES string of the molecule is c1nc(NCC2COCCN2)c2sccc2n1. The molecule has 1 aliphatic heterocycles. The fraction of sp³-hybridized carbons (Fsp3) is 0.455. The van der Waals surface area contributed by atoms with Gasteiger partial charge in [-0.15, -0.1) is 11.3 Å². The molecule has 17 heavy (non-hydrogen) atoms. The number of fused-ring (bicyclic) bond motifs is 1. The topological polar surface area (TPSA) is 59.1 Å². The fourth-order valence-corrected chi connectivity index (χ4v) is 2.70. The Bertz CT molecular complexity index is 495. The van der Waals surface area contributed by atoms with Gasteiger partial charge in [0, 0.05) is 19.1 Å². The maximum atomic E-state index is 5.41. The van der Waals surface area contributed by atoms with E-state index in [1.165, 1.54) is 0 Å². The molecular weight excluding hydrogens is 236 g/mol. The van der Waals surface area contributed by atoms with Gasteiger partial charge in [-0.2, -0.15) is 0 Å². The quantitative estimate of drug-likeness (QED) is 0.854. The molecule has 6 heteroatoms. The molecule has 1 aliphatic rings. The summed E-state index contributed by atoms with van der Waals surface area (Å²) in [6, 6.07) is 2.36. The van der Waals surface area contributed by atoms with Crippen LogP contribution in [0, 0.1) is 0 Å². The van der Waals surface area contributed by atoms with E-state index < -0.39 is 0 Å². The maximum absolute atomic E-state index is 5.41. The lowest BCUT2D eigenvalue weighted by Crippen LogP contribution is -2.45. The van der Waals surface area contributed by atoms with Gasteiger partial charge in [-0.05, 0) is 11.4 Å². The van der Waals surface area contributed by atoms with Crippen molar-refractivity contribution in [2.24, 2.45) is 0 Å². The first-order valence-electron chi connectivity index (χ1n) is 5.67. The van der Waals surface area contributed by atoms with Gasteiger partial charge < -0.3 is 15.4 Å². The van der Waals surface area contributed by atoms with Crippen molar-refractivity contribution in [3.8, 4) is 0 Å². The number of thiophene rings is 1. The van der Waals surface area contributed by atoms with Crippen LogP contribution in [-0.4, -0.2) is 42.3 Å². The van der Waals surface area contributed by atoms with E-state index in [1.807, 2.05) is 11.4 Å². The molecule has 90 valence electrons. The van der Waals surface area contributed by atoms with Crippen molar-refractivity contribution < 1.29 is 4.74 Å². The molecule has 0 spiro atoms. The average molecular weight is 250 g/mol. The largest absolute Gasteiger partial charge is 0.378 e. The molecule has 0 radical (unpaired) electrons. The van der Waals surface area contributed by atoms with Gasteiger partial charge in [-0.1, -0.05) is 0 Å². The fourth-order valence-electron chi connectivity index (χ4n) is 1.89. The Morgan fingerprint density at radius 3 is 3.41 bits per heavy atom. The van der Waals surface area contributed by atoms with Gasteiger partial charge in [0.05, 0.1) is 23.4 Å². The highest BCUT2D eigenvalue weighted by molar-refractivity contribution is 7.17. The highest BCUT2D eigenvalue weighted by atomic mass is 32.1. The zero-order valence-corrected chi connectivity index (χ0v) is 10.2. The number of aromatic nitrogens is 2. The minimum absolute atomic E-state index is 0.355. The molecule has 2 aromatic heterocycles. The van der Waals surface area contributed by atoms with Crippen LogP contribution in [-0.2, 0) is 4.74 Å². The van der Waals surface area contributed by atoms with Crippen LogP contribution < -0.4 is 10.6 Å². The molecule has 1 unspecified atom stereocenters. The van der Waals surface area contributed by atoms with Gasteiger partial charge in [0.15, 0.2) is 0 Å². The number of morpholine rings is 1. The van der Waals surface area contributed by atoms with E-state index in [9.17, 15) is 0 Å². The number of nitrogens with one attached hydrogen (secondary N) is 2. The molecule has 2 N–H and O–H groups in total. The Balaban J connectivity index is 1.69. The van der Waals surface area contributed by atoms with Crippen LogP contribution in [0.2, 0.25) is 0 Å². The number of hydrogen-bond donors (Lipinski definition) is 2. The Hall–Kier alpha value is -1.24. The molecule has 0 aromatic carbocycles. The molecule has 0 saturated carbocycles. The van der Waals surface area contributed by atoms with E-state index in [0.29, 0.717) is 6.04 Å². The molecule has 1 saturated heterocycles. The summed E-state index contributed by atoms with van der Waals surface area (Å²) >= 11 is 1.66. The summed E-state index contributed by atoms with van der Waals surface area (Å²) in [4.78, 5) is 8.50. The van der Waals surface area contributed by atoms with Crippen molar-refractivity contribution in [1.29, 1.82) is 0 Å². The van der Waals surface area contributed by atoms with E-state index in [-0.39, 0.29) is 0 Å². The monoisotopic (exact) mass is 250 g/mol. The van der Waals surface area contributed by atoms with Crippen molar-refractivity contribution in [3.63, 3.8) is 0 Å². The first-order chi connectivity index (χ1) is 8.43. The van der Waals surface area contributed by atoms with Gasteiger partial charge in [-0.25, -0.2) is 9.97 Å². The Kier molecular flexibility index (Phi) is 3.17. The summed E-state index contributed by atoms with van der Waals surface area (Å²) < 4.78 is 6.53. The molecule has 3 heterocycles. The standard InChI is InChI=1S/C11H14N4OS/c1-4-17-10-9(1)14-7-15-11(10)13-5-8-6-16-3-2-12-8/h1,4,7-8,12H,2-3,5-6H2,(H,13,14,15). The summed E-state index contributed by atoms with van der Waals surface area (Å²) in [6.07, 6.45) is 1.60. The Labute approximate surface area is 103 Å². The summed E-state index contributed by atoms with van der Waals surface area (Å²) in [5.41, 5.74) is 1.00. The van der Waals surface area contributed by atoms with Crippen molar-refractivity contribution >= 4 is 27.4 Å². The number of rotatable bonds is 3. The van der Waals surface area contributed by atoms with E-state index in [2.05, 4.69) is 20.6 Å². The van der Waals surface area contributed by atoms with E-state index in [4.69, 9.17) is 4.74 Å². The first kappa shape index (κ1) is 10.9. The normalized spacial score (nSPS) is 20.6. The number of nitrogens with zero attached hydrogens (tertiary/aromatic N) is 2. The lowest BCUT2D eigenvalue weighted by Gasteiger charge is -2.24. The van der Waals surface area contributed by atoms with Gasteiger partial charge in [-0.3, -0.25) is 0 Å². The van der Waals surface area contributed by atoms with Crippen molar-refractivity contribution in [3.05, 3.63) is 17.8 Å². The highest BCUT2D eigenvalue weighted by Gasteiger charge is 2.13. The zero-order valence-electron chi connectivity index (χ0n) is 9.35. The molecule has 0 bridgehead atoms. The second-order valence-electron chi connectivity index (χ2n) is 3.96. The molecule has 1 fully saturated rings. The molecule has 3 rings (SSSR count). The molecular formula is C11H14N4OS. The third kappa shape index (κ3) is 2.38. The summed E-state index contributed by atoms with van der Waals surface area (Å²) in [5.74, 6) is 0.914. The van der Waals surface area contributed by atoms with Crippen LogP contribution in [0.25, 0.3) is 10.2 Å². The lowest BCUT2D eigenvalue weighted by molar-refractivity contribution is 0.0806. The van der Waals surface area contributed by atoms with Crippen LogP contribution >= 0.6 is 11.3 Å². The smallest absolute Gasteiger partial charge is 0.147 e. The van der Waals surface area contributed by atoms with Gasteiger partial charge in [0.2, 0.25) is 0 Å². The van der Waals surface area contributed by atoms with Gasteiger partial charge in [0.1, 0.15) is 12.1 Å². The van der Waals surface area contributed by atoms with E-state index in [1.54, 1.807) is 17.7 Å². The van der Waals surface area contributed by atoms with Crippen molar-refractivity contribution in [2.45, 2.75) is 6.04 Å². The van der Waals surface area contributed by atoms with Gasteiger partial charge in [0.25, 0.3) is 0 Å². The van der Waals surface area contributed by atoms with E-state index in [0.717, 1.165) is 42.3 Å². The van der Waals surface area contributed by atoms with Crippen LogP contribution in [0.5, 0.6) is 0 Å². The molecule has 0 aliphatic carbocycles. The predicted molar refractivity (Wildman–Crippen MR) is 68.5 cm³/mol. The summed E-state index contributed by atoms with van der Waals surface area (Å²) in [7, 11) is 0. The third-order valence-electron chi connectivity index (χ3n) is 2.76. The van der Waals surface area contributed by atoms with Crippen molar-refractivity contribution in [2.75, 3.05) is 31.6 Å². The molecule has 2 aromatic rings. The third-order valence-corrected chi connectivity index (χ3v) is 3.67. The van der Waals surface area contributed by atoms with E-state index >= 15 is 0 Å². The highest BCUT2D eigenvalue weighted by Crippen LogP contribution is 2.24. The number of anilines is 1. The second-order valence-corrected chi connectivity index (χ2v) is 4.88. The van der Waals surface area contributed by atoms with Crippen LogP contribution in [0.15, 0.2) is 17.8 Å². The Morgan fingerprint density at radius 1 is 1.53 bits per heavy atom. The number of hydrogen-bond acceptors (Lipinski definition) is 6. The summed E-state index contributed by atoms with van der Waals surface area (Å²) in [6.45, 7) is 3.30. The van der Waals surface area contributed by atoms with Crippen molar-refractivity contribution in [1.82, 2.24) is 15.3 Å². The number of ether oxygens (including phenoxy) is 1. The Morgan fingerprint density at radius 2 is 2.53 bits per heavy atom. The molecule has 1 atom stereocenters. The minimum Gasteiger partial charge on any atom is -0.378 e. The molecule has 5 nitrogen and oxygen atoms in total. The lowest BCUT2D eigenvalue weighted by atomic mass is 10.3. The minimum atomic E-state index is 0.355. The first-order valence-corrected chi connectivity index (χ1v) is 6.54. The van der Waals surface area contributed by atoms with Crippen LogP contribution in [0.1, 0.15) is 0 Å². The molecule has 0 amide bonds. The van der Waals surface area contributed by atoms with Crippen LogP contribution in [0.3, 0.4) is 0 Å². The average Bonchev–Trinajstić information content (AvgIpc) is 2.86. The van der Waals surface area contributed by atoms with Crippen LogP contribution in [0.4, 0.5) is 5.82 Å².